The summed E-state index contributed by atoms with van der Waals surface area (Å²) < 4.78 is 10.2. The lowest BCUT2D eigenvalue weighted by atomic mass is 10.0. The molecule has 0 bridgehead atoms. The first-order chi connectivity index (χ1) is 20.6. The van der Waals surface area contributed by atoms with Gasteiger partial charge >= 0.3 is 23.9 Å². The number of carboxylic acids is 3. The molecule has 18 nitrogen and oxygen atoms in total. The Balaban J connectivity index is 2.16. The van der Waals surface area contributed by atoms with Gasteiger partial charge in [-0.05, 0) is 37.8 Å². The Hall–Kier alpha value is -4.17. The third-order valence-electron chi connectivity index (χ3n) is 6.16. The summed E-state index contributed by atoms with van der Waals surface area (Å²) in [6.07, 6.45) is -6.95. The number of esters is 1. The number of aromatic hydroxyl groups is 2. The highest BCUT2D eigenvalue weighted by Gasteiger charge is 2.37. The molecule has 1 saturated heterocycles. The van der Waals surface area contributed by atoms with E-state index >= 15 is 0 Å². The van der Waals surface area contributed by atoms with Crippen LogP contribution in [0, 0.1) is 0 Å². The largest absolute Gasteiger partial charge is 0.507 e. The molecule has 2 amide bonds. The number of phenolic OH excluding ortho intramolecular Hbond substituents is 2. The van der Waals surface area contributed by atoms with Crippen LogP contribution >= 0.6 is 11.8 Å². The van der Waals surface area contributed by atoms with E-state index in [0.29, 0.717) is 11.8 Å². The summed E-state index contributed by atoms with van der Waals surface area (Å²) in [5.74, 6) is -9.03. The summed E-state index contributed by atoms with van der Waals surface area (Å²) in [5, 5.41) is 72.6. The molecule has 2 rings (SSSR count). The number of nitrogens with one attached hydrogen (secondary N) is 2. The van der Waals surface area contributed by atoms with Crippen molar-refractivity contribution < 1.29 is 74.0 Å². The van der Waals surface area contributed by atoms with Crippen LogP contribution in [0.2, 0.25) is 0 Å². The Labute approximate surface area is 253 Å². The van der Waals surface area contributed by atoms with Gasteiger partial charge in [-0.2, -0.15) is 0 Å². The molecule has 44 heavy (non-hydrogen) atoms. The second-order valence-electron chi connectivity index (χ2n) is 9.60. The second kappa shape index (κ2) is 16.6. The molecule has 6 atom stereocenters. The molecule has 1 aliphatic rings. The number of amides is 2. The molecule has 0 aromatic heterocycles. The Morgan fingerprint density at radius 1 is 1.02 bits per heavy atom. The first kappa shape index (κ1) is 36.0. The molecule has 1 aliphatic heterocycles. The number of aliphatic hydroxyl groups excluding tert-OH is 2. The van der Waals surface area contributed by atoms with Gasteiger partial charge in [-0.25, -0.2) is 9.59 Å². The fourth-order valence-electron chi connectivity index (χ4n) is 3.83. The molecule has 1 fully saturated rings. The van der Waals surface area contributed by atoms with Crippen molar-refractivity contribution in [1.29, 1.82) is 0 Å². The third-order valence-corrected chi connectivity index (χ3v) is 7.36. The van der Waals surface area contributed by atoms with Gasteiger partial charge < -0.3 is 61.6 Å². The minimum atomic E-state index is -1.81. The zero-order chi connectivity index (χ0) is 33.1. The number of carboxylic acid groups (broad SMARTS) is 3. The van der Waals surface area contributed by atoms with Crippen molar-refractivity contribution in [2.24, 2.45) is 5.73 Å². The summed E-state index contributed by atoms with van der Waals surface area (Å²) in [4.78, 5) is 70.4. The first-order valence-corrected chi connectivity index (χ1v) is 14.0. The zero-order valence-corrected chi connectivity index (χ0v) is 23.8. The van der Waals surface area contributed by atoms with E-state index in [0.717, 1.165) is 12.1 Å². The Morgan fingerprint density at radius 3 is 2.20 bits per heavy atom. The molecule has 4 unspecified atom stereocenters. The average molecular weight is 648 g/mol. The third kappa shape index (κ3) is 10.8. The van der Waals surface area contributed by atoms with Crippen LogP contribution in [0.1, 0.15) is 42.5 Å². The number of phenols is 2. The maximum absolute atomic E-state index is 12.7. The normalized spacial score (nSPS) is 21.5. The van der Waals surface area contributed by atoms with Crippen LogP contribution in [-0.2, 0) is 33.4 Å². The molecule has 19 heteroatoms. The highest BCUT2D eigenvalue weighted by Crippen LogP contribution is 2.38. The summed E-state index contributed by atoms with van der Waals surface area (Å²) in [5.41, 5.74) is 4.91. The molecule has 244 valence electrons. The van der Waals surface area contributed by atoms with Gasteiger partial charge in [-0.15, -0.1) is 11.8 Å². The Kier molecular flexibility index (Phi) is 13.6. The van der Waals surface area contributed by atoms with Crippen molar-refractivity contribution in [3.05, 3.63) is 17.7 Å². The zero-order valence-electron chi connectivity index (χ0n) is 23.0. The number of hydrogen-bond acceptors (Lipinski definition) is 14. The molecule has 11 N–H and O–H groups in total. The molecule has 0 saturated carbocycles. The van der Waals surface area contributed by atoms with Crippen LogP contribution < -0.4 is 16.4 Å². The van der Waals surface area contributed by atoms with Gasteiger partial charge in [0.2, 0.25) is 18.1 Å². The topological polar surface area (TPSA) is 313 Å². The van der Waals surface area contributed by atoms with Crippen molar-refractivity contribution in [2.75, 3.05) is 12.3 Å². The van der Waals surface area contributed by atoms with Crippen LogP contribution in [0.25, 0.3) is 0 Å². The van der Waals surface area contributed by atoms with E-state index in [4.69, 9.17) is 25.4 Å². The standard InChI is InChI=1S/C25H33N3O15S/c26-11(22(37)38)4-5-17(33)28-12(21(36)27-8-18(34)35)9-44-20-15(31)6-10(7-16(20)32)24(41)43-25-14(30)3-1-2-13(29)19(42-25)23(39)40/h6-7,11-14,19,25,29-32H,1-5,8-9,26H2,(H,27,36)(H,28,33)(H,34,35)(H,37,38)(H,39,40)/t11?,12?,13-,14+,19?,25?/m0/s1. The Bertz CT molecular complexity index is 1220. The van der Waals surface area contributed by atoms with Gasteiger partial charge in [0.15, 0.2) is 6.10 Å². The van der Waals surface area contributed by atoms with E-state index in [1.807, 2.05) is 0 Å². The number of benzene rings is 1. The number of thioether (sulfide) groups is 1. The highest BCUT2D eigenvalue weighted by atomic mass is 32.2. The lowest BCUT2D eigenvalue weighted by molar-refractivity contribution is -0.222. The second-order valence-corrected chi connectivity index (χ2v) is 10.6. The monoisotopic (exact) mass is 647 g/mol. The fourth-order valence-corrected chi connectivity index (χ4v) is 4.81. The van der Waals surface area contributed by atoms with Crippen LogP contribution in [0.4, 0.5) is 0 Å². The van der Waals surface area contributed by atoms with Gasteiger partial charge in [0.1, 0.15) is 36.2 Å². The number of carbonyl (C=O) groups is 6. The van der Waals surface area contributed by atoms with E-state index in [1.165, 1.54) is 0 Å². The van der Waals surface area contributed by atoms with Gasteiger partial charge in [-0.3, -0.25) is 19.2 Å². The number of aliphatic hydroxyl groups is 2. The summed E-state index contributed by atoms with van der Waals surface area (Å²) in [7, 11) is 0. The lowest BCUT2D eigenvalue weighted by Gasteiger charge is -2.31. The quantitative estimate of drug-likeness (QED) is 0.0765. The average Bonchev–Trinajstić information content (AvgIpc) is 2.94. The van der Waals surface area contributed by atoms with Crippen molar-refractivity contribution in [3.63, 3.8) is 0 Å². The van der Waals surface area contributed by atoms with E-state index in [1.54, 1.807) is 0 Å². The first-order valence-electron chi connectivity index (χ1n) is 13.0. The van der Waals surface area contributed by atoms with Gasteiger partial charge in [-0.1, -0.05) is 0 Å². The number of rotatable bonds is 14. The fraction of sp³-hybridized carbons (Fsp3) is 0.520. The molecule has 1 aromatic rings. The molecule has 0 spiro atoms. The maximum atomic E-state index is 12.7. The number of carbonyl (C=O) groups excluding carboxylic acids is 3. The van der Waals surface area contributed by atoms with Crippen molar-refractivity contribution >= 4 is 47.5 Å². The summed E-state index contributed by atoms with van der Waals surface area (Å²) in [6.45, 7) is -0.793. The lowest BCUT2D eigenvalue weighted by Crippen LogP contribution is -2.49. The Morgan fingerprint density at radius 2 is 1.64 bits per heavy atom. The molecule has 0 aliphatic carbocycles. The van der Waals surface area contributed by atoms with Gasteiger partial charge in [0, 0.05) is 12.2 Å². The number of hydrogen-bond donors (Lipinski definition) is 10. The van der Waals surface area contributed by atoms with Crippen molar-refractivity contribution in [3.8, 4) is 11.5 Å². The molecule has 1 heterocycles. The van der Waals surface area contributed by atoms with E-state index < -0.39 is 96.0 Å². The number of ether oxygens (including phenoxy) is 2. The predicted molar refractivity (Wildman–Crippen MR) is 145 cm³/mol. The molecular weight excluding hydrogens is 614 g/mol. The predicted octanol–water partition coefficient (Wildman–Crippen LogP) is -2.07. The SMILES string of the molecule is NC(CCC(=O)NC(CSc1c(O)cc(C(=O)OC2OC(C(=O)O)[C@@H](O)CCC[C@H]2O)cc1O)C(=O)NCC(=O)O)C(=O)O. The van der Waals surface area contributed by atoms with Crippen molar-refractivity contribution in [1.82, 2.24) is 10.6 Å². The van der Waals surface area contributed by atoms with E-state index in [2.05, 4.69) is 10.6 Å². The van der Waals surface area contributed by atoms with Crippen molar-refractivity contribution in [2.45, 2.75) is 73.7 Å². The van der Waals surface area contributed by atoms with E-state index in [-0.39, 0.29) is 42.8 Å². The minimum Gasteiger partial charge on any atom is -0.507 e. The molecular formula is C25H33N3O15S. The molecule has 1 aromatic carbocycles. The van der Waals surface area contributed by atoms with Crippen LogP contribution in [0.5, 0.6) is 11.5 Å². The van der Waals surface area contributed by atoms with Crippen LogP contribution in [-0.4, -0.2) is 120 Å². The van der Waals surface area contributed by atoms with Gasteiger partial charge in [0.25, 0.3) is 0 Å². The van der Waals surface area contributed by atoms with Gasteiger partial charge in [0.05, 0.1) is 16.6 Å². The smallest absolute Gasteiger partial charge is 0.340 e. The molecule has 0 radical (unpaired) electrons. The number of aliphatic carboxylic acids is 3. The minimum absolute atomic E-state index is 0.00245. The summed E-state index contributed by atoms with van der Waals surface area (Å²) in [6, 6.07) is -1.06. The van der Waals surface area contributed by atoms with Crippen LogP contribution in [0.3, 0.4) is 0 Å². The maximum Gasteiger partial charge on any atom is 0.340 e. The number of nitrogens with two attached hydrogens (primary N) is 1. The van der Waals surface area contributed by atoms with Crippen LogP contribution in [0.15, 0.2) is 17.0 Å². The van der Waals surface area contributed by atoms with E-state index in [9.17, 15) is 54.3 Å². The highest BCUT2D eigenvalue weighted by molar-refractivity contribution is 7.99. The summed E-state index contributed by atoms with van der Waals surface area (Å²) >= 11 is 0.629.